The van der Waals surface area contributed by atoms with Gasteiger partial charge in [0.15, 0.2) is 0 Å². The fraction of sp³-hybridized carbons (Fsp3) is 0.974. The van der Waals surface area contributed by atoms with Crippen LogP contribution in [0, 0.1) is 0 Å². The lowest BCUT2D eigenvalue weighted by molar-refractivity contribution is -0.146. The van der Waals surface area contributed by atoms with Gasteiger partial charge in [-0.2, -0.15) is 0 Å². The Morgan fingerprint density at radius 2 is 0.510 bits per heavy atom. The molecule has 0 aromatic heterocycles. The number of ether oxygens (including phenoxy) is 12. The molecule has 0 unspecified atom stereocenters. The van der Waals surface area contributed by atoms with E-state index in [4.69, 9.17) is 52.1 Å². The Bertz CT molecular complexity index is 645. The molecule has 0 aromatic carbocycles. The smallest absolute Gasteiger partial charge is 0.331 e. The van der Waals surface area contributed by atoms with Crippen molar-refractivity contribution in [2.45, 2.75) is 90.4 Å². The largest absolute Gasteiger partial charge is 0.467 e. The second-order valence-corrected chi connectivity index (χ2v) is 12.0. The molecule has 13 nitrogen and oxygen atoms in total. The molecule has 0 spiro atoms. The Balaban J connectivity index is 3.05. The first-order valence-electron chi connectivity index (χ1n) is 19.7. The molecule has 0 aromatic rings. The molecule has 0 amide bonds. The van der Waals surface area contributed by atoms with Gasteiger partial charge in [0.2, 0.25) is 0 Å². The molecule has 0 heterocycles. The summed E-state index contributed by atoms with van der Waals surface area (Å²) in [6.07, 6.45) is 17.8. The van der Waals surface area contributed by atoms with Crippen molar-refractivity contribution < 1.29 is 61.6 Å². The first-order chi connectivity index (χ1) is 25.3. The van der Waals surface area contributed by atoms with Crippen molar-refractivity contribution in [3.8, 4) is 0 Å². The summed E-state index contributed by atoms with van der Waals surface area (Å²) < 4.78 is 64.5. The molecule has 0 aliphatic rings. The van der Waals surface area contributed by atoms with Crippen molar-refractivity contribution in [1.82, 2.24) is 0 Å². The Labute approximate surface area is 310 Å². The van der Waals surface area contributed by atoms with Gasteiger partial charge in [-0.1, -0.05) is 84.0 Å². The maximum Gasteiger partial charge on any atom is 0.331 e. The molecule has 0 aliphatic heterocycles. The second-order valence-electron chi connectivity index (χ2n) is 12.0. The van der Waals surface area contributed by atoms with Gasteiger partial charge >= 0.3 is 5.97 Å². The highest BCUT2D eigenvalue weighted by Crippen LogP contribution is 2.12. The summed E-state index contributed by atoms with van der Waals surface area (Å²) in [5, 5.41) is 0. The summed E-state index contributed by atoms with van der Waals surface area (Å²) in [5.74, 6) is -0.404. The molecule has 13 heteroatoms. The molecule has 306 valence electrons. The van der Waals surface area contributed by atoms with Gasteiger partial charge in [0.05, 0.1) is 139 Å². The first kappa shape index (κ1) is 50.0. The van der Waals surface area contributed by atoms with Crippen LogP contribution in [0.5, 0.6) is 0 Å². The summed E-state index contributed by atoms with van der Waals surface area (Å²) in [4.78, 5) is 10.9. The molecule has 0 saturated heterocycles. The van der Waals surface area contributed by atoms with Crippen molar-refractivity contribution in [2.24, 2.45) is 0 Å². The van der Waals surface area contributed by atoms with Gasteiger partial charge in [-0.3, -0.25) is 0 Å². The van der Waals surface area contributed by atoms with Crippen molar-refractivity contribution in [2.75, 3.05) is 152 Å². The third-order valence-corrected chi connectivity index (χ3v) is 7.56. The van der Waals surface area contributed by atoms with Gasteiger partial charge in [0.1, 0.15) is 6.61 Å². The van der Waals surface area contributed by atoms with Gasteiger partial charge < -0.3 is 56.8 Å². The fourth-order valence-corrected chi connectivity index (χ4v) is 4.64. The Kier molecular flexibility index (Phi) is 46.2. The zero-order valence-electron chi connectivity index (χ0n) is 32.6. The summed E-state index contributed by atoms with van der Waals surface area (Å²) in [6, 6.07) is 0. The molecule has 51 heavy (non-hydrogen) atoms. The molecular formula is C38H76O13. The normalized spacial score (nSPS) is 11.5. The van der Waals surface area contributed by atoms with E-state index in [1.54, 1.807) is 0 Å². The van der Waals surface area contributed by atoms with E-state index in [0.29, 0.717) is 132 Å². The van der Waals surface area contributed by atoms with E-state index in [-0.39, 0.29) is 6.61 Å². The number of esters is 1. The lowest BCUT2D eigenvalue weighted by Gasteiger charge is -2.09. The number of rotatable bonds is 46. The molecule has 0 bridgehead atoms. The van der Waals surface area contributed by atoms with Crippen molar-refractivity contribution >= 4 is 5.97 Å². The van der Waals surface area contributed by atoms with Crippen LogP contribution in [0.2, 0.25) is 0 Å². The van der Waals surface area contributed by atoms with Crippen LogP contribution in [0.4, 0.5) is 0 Å². The predicted molar refractivity (Wildman–Crippen MR) is 197 cm³/mol. The Hall–Kier alpha value is -0.970. The van der Waals surface area contributed by atoms with E-state index in [9.17, 15) is 4.79 Å². The van der Waals surface area contributed by atoms with Crippen LogP contribution >= 0.6 is 0 Å². The van der Waals surface area contributed by atoms with Crippen LogP contribution in [0.25, 0.3) is 0 Å². The molecule has 0 aliphatic carbocycles. The van der Waals surface area contributed by atoms with Crippen LogP contribution in [0.1, 0.15) is 90.4 Å². The zero-order valence-corrected chi connectivity index (χ0v) is 32.6. The molecule has 0 fully saturated rings. The third-order valence-electron chi connectivity index (χ3n) is 7.56. The van der Waals surface area contributed by atoms with Gasteiger partial charge in [0.25, 0.3) is 0 Å². The highest BCUT2D eigenvalue weighted by atomic mass is 16.6. The van der Waals surface area contributed by atoms with Crippen LogP contribution in [-0.2, 0) is 61.6 Å². The second kappa shape index (κ2) is 47.1. The lowest BCUT2D eigenvalue weighted by Crippen LogP contribution is -2.16. The number of carbonyl (C=O) groups is 1. The van der Waals surface area contributed by atoms with E-state index >= 15 is 0 Å². The summed E-state index contributed by atoms with van der Waals surface area (Å²) in [6.45, 7) is 13.2. The minimum atomic E-state index is -0.404. The molecule has 0 atom stereocenters. The summed E-state index contributed by atoms with van der Waals surface area (Å²) >= 11 is 0. The van der Waals surface area contributed by atoms with Crippen LogP contribution in [-0.4, -0.2) is 158 Å². The van der Waals surface area contributed by atoms with Crippen molar-refractivity contribution in [1.29, 1.82) is 0 Å². The molecule has 0 N–H and O–H groups in total. The standard InChI is InChI=1S/C38H76O13/c1-3-4-5-6-7-8-9-10-11-12-13-14-15-16-41-17-18-42-19-20-43-21-22-44-23-24-45-25-26-46-27-28-47-29-30-48-31-32-49-33-34-50-35-36-51-37-38(39)40-2/h3-37H2,1-2H3. The fourth-order valence-electron chi connectivity index (χ4n) is 4.64. The van der Waals surface area contributed by atoms with E-state index in [1.807, 2.05) is 0 Å². The van der Waals surface area contributed by atoms with Gasteiger partial charge in [-0.25, -0.2) is 4.79 Å². The average Bonchev–Trinajstić information content (AvgIpc) is 3.14. The topological polar surface area (TPSA) is 128 Å². The number of hydrogen-bond acceptors (Lipinski definition) is 13. The SMILES string of the molecule is CCCCCCCCCCCCCCCOCCOCCOCCOCCOCCOCCOCCOCCOCCOCCOCC(=O)OC. The quantitative estimate of drug-likeness (QED) is 0.0582. The van der Waals surface area contributed by atoms with Crippen LogP contribution in [0.3, 0.4) is 0 Å². The minimum Gasteiger partial charge on any atom is -0.467 e. The molecule has 0 rings (SSSR count). The first-order valence-corrected chi connectivity index (χ1v) is 19.7. The highest BCUT2D eigenvalue weighted by molar-refractivity contribution is 5.70. The lowest BCUT2D eigenvalue weighted by atomic mass is 10.0. The van der Waals surface area contributed by atoms with Crippen LogP contribution in [0.15, 0.2) is 0 Å². The Morgan fingerprint density at radius 3 is 0.765 bits per heavy atom. The number of methoxy groups -OCH3 is 1. The average molecular weight is 741 g/mol. The van der Waals surface area contributed by atoms with Crippen LogP contribution < -0.4 is 0 Å². The van der Waals surface area contributed by atoms with E-state index in [0.717, 1.165) is 13.0 Å². The van der Waals surface area contributed by atoms with Gasteiger partial charge in [0, 0.05) is 6.61 Å². The Morgan fingerprint density at radius 1 is 0.294 bits per heavy atom. The maximum atomic E-state index is 10.9. The number of carbonyl (C=O) groups excluding carboxylic acids is 1. The van der Waals surface area contributed by atoms with E-state index < -0.39 is 5.97 Å². The monoisotopic (exact) mass is 741 g/mol. The molecule has 0 saturated carbocycles. The van der Waals surface area contributed by atoms with Gasteiger partial charge in [-0.15, -0.1) is 0 Å². The van der Waals surface area contributed by atoms with E-state index in [2.05, 4.69) is 11.7 Å². The number of unbranched alkanes of at least 4 members (excludes halogenated alkanes) is 12. The van der Waals surface area contributed by atoms with Gasteiger partial charge in [-0.05, 0) is 6.42 Å². The molecule has 0 radical (unpaired) electrons. The summed E-state index contributed by atoms with van der Waals surface area (Å²) in [7, 11) is 1.32. The van der Waals surface area contributed by atoms with Crippen molar-refractivity contribution in [3.63, 3.8) is 0 Å². The third kappa shape index (κ3) is 47.0. The number of hydrogen-bond donors (Lipinski definition) is 0. The van der Waals surface area contributed by atoms with E-state index in [1.165, 1.54) is 84.2 Å². The van der Waals surface area contributed by atoms with Crippen molar-refractivity contribution in [3.05, 3.63) is 0 Å². The zero-order chi connectivity index (χ0) is 36.8. The molecular weight excluding hydrogens is 664 g/mol. The minimum absolute atomic E-state index is 0.0675. The summed E-state index contributed by atoms with van der Waals surface area (Å²) in [5.41, 5.74) is 0. The predicted octanol–water partition coefficient (Wildman–Crippen LogP) is 5.43. The highest BCUT2D eigenvalue weighted by Gasteiger charge is 2.00. The maximum absolute atomic E-state index is 10.9.